The third-order valence-corrected chi connectivity index (χ3v) is 3.66. The Labute approximate surface area is 131 Å². The fourth-order valence-electron chi connectivity index (χ4n) is 1.87. The van der Waals surface area contributed by atoms with Crippen LogP contribution in [0, 0.1) is 13.8 Å². The Hall–Kier alpha value is -1.33. The van der Waals surface area contributed by atoms with Crippen molar-refractivity contribution in [2.75, 3.05) is 11.9 Å². The minimum absolute atomic E-state index is 0.476. The standard InChI is InChI=1S/C14H15BrClN3O/c1-4-17-13-11(15)14(19-7-18-13)20-12-8(2)5-10(16)6-9(12)3/h5-7H,4H2,1-3H3,(H,17,18,19). The lowest BCUT2D eigenvalue weighted by Crippen LogP contribution is -2.02. The highest BCUT2D eigenvalue weighted by molar-refractivity contribution is 9.10. The van der Waals surface area contributed by atoms with Crippen LogP contribution in [0.4, 0.5) is 5.82 Å². The third kappa shape index (κ3) is 3.22. The molecule has 1 N–H and O–H groups in total. The molecule has 0 radical (unpaired) electrons. The molecule has 1 aromatic carbocycles. The number of hydrogen-bond donors (Lipinski definition) is 1. The molecule has 0 unspecified atom stereocenters. The molecule has 0 bridgehead atoms. The predicted octanol–water partition coefficient (Wildman–Crippen LogP) is 4.73. The van der Waals surface area contributed by atoms with E-state index < -0.39 is 0 Å². The average Bonchev–Trinajstić information content (AvgIpc) is 2.38. The zero-order valence-corrected chi connectivity index (χ0v) is 13.8. The van der Waals surface area contributed by atoms with Gasteiger partial charge in [-0.15, -0.1) is 0 Å². The van der Waals surface area contributed by atoms with E-state index in [1.54, 1.807) is 0 Å². The minimum atomic E-state index is 0.476. The lowest BCUT2D eigenvalue weighted by atomic mass is 10.1. The van der Waals surface area contributed by atoms with Crippen molar-refractivity contribution >= 4 is 33.3 Å². The lowest BCUT2D eigenvalue weighted by molar-refractivity contribution is 0.451. The molecule has 0 aliphatic heterocycles. The number of hydrogen-bond acceptors (Lipinski definition) is 4. The molecule has 6 heteroatoms. The number of rotatable bonds is 4. The Balaban J connectivity index is 2.38. The van der Waals surface area contributed by atoms with Crippen LogP contribution in [0.2, 0.25) is 5.02 Å². The van der Waals surface area contributed by atoms with Crippen LogP contribution in [0.1, 0.15) is 18.1 Å². The van der Waals surface area contributed by atoms with Gasteiger partial charge in [0.2, 0.25) is 5.88 Å². The molecule has 20 heavy (non-hydrogen) atoms. The average molecular weight is 357 g/mol. The van der Waals surface area contributed by atoms with Crippen molar-refractivity contribution in [2.45, 2.75) is 20.8 Å². The molecule has 0 amide bonds. The van der Waals surface area contributed by atoms with Crippen molar-refractivity contribution in [1.29, 1.82) is 0 Å². The number of nitrogens with one attached hydrogen (secondary N) is 1. The molecule has 1 heterocycles. The van der Waals surface area contributed by atoms with Gasteiger partial charge in [-0.05, 0) is 60.0 Å². The van der Waals surface area contributed by atoms with Crippen LogP contribution < -0.4 is 10.1 Å². The normalized spacial score (nSPS) is 10.4. The number of ether oxygens (including phenoxy) is 1. The largest absolute Gasteiger partial charge is 0.437 e. The van der Waals surface area contributed by atoms with Gasteiger partial charge in [-0.3, -0.25) is 0 Å². The van der Waals surface area contributed by atoms with Gasteiger partial charge in [-0.25, -0.2) is 9.97 Å². The van der Waals surface area contributed by atoms with Gasteiger partial charge in [0.15, 0.2) is 0 Å². The van der Waals surface area contributed by atoms with E-state index >= 15 is 0 Å². The summed E-state index contributed by atoms with van der Waals surface area (Å²) in [6.07, 6.45) is 1.47. The Kier molecular flexibility index (Phi) is 4.83. The quantitative estimate of drug-likeness (QED) is 0.860. The van der Waals surface area contributed by atoms with E-state index in [-0.39, 0.29) is 0 Å². The van der Waals surface area contributed by atoms with E-state index in [4.69, 9.17) is 16.3 Å². The van der Waals surface area contributed by atoms with Crippen LogP contribution >= 0.6 is 27.5 Å². The van der Waals surface area contributed by atoms with Crippen molar-refractivity contribution in [3.63, 3.8) is 0 Å². The predicted molar refractivity (Wildman–Crippen MR) is 84.9 cm³/mol. The minimum Gasteiger partial charge on any atom is -0.437 e. The second kappa shape index (κ2) is 6.41. The zero-order valence-electron chi connectivity index (χ0n) is 11.5. The lowest BCUT2D eigenvalue weighted by Gasteiger charge is -2.13. The Morgan fingerprint density at radius 3 is 2.50 bits per heavy atom. The van der Waals surface area contributed by atoms with Crippen molar-refractivity contribution < 1.29 is 4.74 Å². The smallest absolute Gasteiger partial charge is 0.238 e. The van der Waals surface area contributed by atoms with Gasteiger partial charge >= 0.3 is 0 Å². The van der Waals surface area contributed by atoms with Crippen LogP contribution in [-0.4, -0.2) is 16.5 Å². The summed E-state index contributed by atoms with van der Waals surface area (Å²) in [6.45, 7) is 6.68. The summed E-state index contributed by atoms with van der Waals surface area (Å²) in [7, 11) is 0. The number of benzene rings is 1. The third-order valence-electron chi connectivity index (χ3n) is 2.73. The fourth-order valence-corrected chi connectivity index (χ4v) is 2.62. The van der Waals surface area contributed by atoms with Crippen molar-refractivity contribution in [3.8, 4) is 11.6 Å². The van der Waals surface area contributed by atoms with E-state index in [2.05, 4.69) is 31.2 Å². The highest BCUT2D eigenvalue weighted by Gasteiger charge is 2.13. The molecule has 1 aromatic heterocycles. The van der Waals surface area contributed by atoms with Gasteiger partial charge < -0.3 is 10.1 Å². The first-order chi connectivity index (χ1) is 9.52. The van der Waals surface area contributed by atoms with Crippen LogP contribution in [0.3, 0.4) is 0 Å². The van der Waals surface area contributed by atoms with Crippen LogP contribution in [0.5, 0.6) is 11.6 Å². The van der Waals surface area contributed by atoms with Crippen molar-refractivity contribution in [3.05, 3.63) is 39.1 Å². The maximum Gasteiger partial charge on any atom is 0.238 e. The maximum absolute atomic E-state index is 6.02. The van der Waals surface area contributed by atoms with Gasteiger partial charge in [0.05, 0.1) is 0 Å². The number of anilines is 1. The molecule has 0 atom stereocenters. The van der Waals surface area contributed by atoms with E-state index in [1.807, 2.05) is 32.9 Å². The molecule has 2 rings (SSSR count). The summed E-state index contributed by atoms with van der Waals surface area (Å²) in [5.41, 5.74) is 1.93. The topological polar surface area (TPSA) is 47.0 Å². The number of aromatic nitrogens is 2. The summed E-state index contributed by atoms with van der Waals surface area (Å²) in [5.74, 6) is 1.95. The zero-order chi connectivity index (χ0) is 14.7. The van der Waals surface area contributed by atoms with Gasteiger partial charge in [-0.1, -0.05) is 11.6 Å². The van der Waals surface area contributed by atoms with Crippen molar-refractivity contribution in [1.82, 2.24) is 9.97 Å². The van der Waals surface area contributed by atoms with Crippen LogP contribution in [0.25, 0.3) is 0 Å². The van der Waals surface area contributed by atoms with Gasteiger partial charge in [-0.2, -0.15) is 0 Å². The van der Waals surface area contributed by atoms with Crippen LogP contribution in [-0.2, 0) is 0 Å². The van der Waals surface area contributed by atoms with Crippen molar-refractivity contribution in [2.24, 2.45) is 0 Å². The van der Waals surface area contributed by atoms with E-state index in [1.165, 1.54) is 6.33 Å². The Morgan fingerprint density at radius 1 is 1.25 bits per heavy atom. The number of halogens is 2. The second-order valence-electron chi connectivity index (χ2n) is 4.34. The SMILES string of the molecule is CCNc1ncnc(Oc2c(C)cc(Cl)cc2C)c1Br. The van der Waals surface area contributed by atoms with Gasteiger partial charge in [0.1, 0.15) is 22.4 Å². The summed E-state index contributed by atoms with van der Waals surface area (Å²) in [5, 5.41) is 3.84. The monoisotopic (exact) mass is 355 g/mol. The summed E-state index contributed by atoms with van der Waals surface area (Å²) < 4.78 is 6.62. The molecule has 106 valence electrons. The Bertz CT molecular complexity index is 611. The number of aryl methyl sites for hydroxylation is 2. The number of nitrogens with zero attached hydrogens (tertiary/aromatic N) is 2. The first-order valence-corrected chi connectivity index (χ1v) is 7.39. The Morgan fingerprint density at radius 2 is 1.90 bits per heavy atom. The molecule has 0 aliphatic carbocycles. The molecule has 0 fully saturated rings. The first-order valence-electron chi connectivity index (χ1n) is 6.22. The van der Waals surface area contributed by atoms with Gasteiger partial charge in [0.25, 0.3) is 0 Å². The summed E-state index contributed by atoms with van der Waals surface area (Å²) in [4.78, 5) is 8.33. The molecular formula is C14H15BrClN3O. The molecular weight excluding hydrogens is 342 g/mol. The first kappa shape index (κ1) is 15.1. The van der Waals surface area contributed by atoms with E-state index in [0.29, 0.717) is 21.2 Å². The molecule has 2 aromatic rings. The fraction of sp³-hybridized carbons (Fsp3) is 0.286. The highest BCUT2D eigenvalue weighted by atomic mass is 79.9. The molecule has 0 saturated heterocycles. The van der Waals surface area contributed by atoms with Crippen LogP contribution in [0.15, 0.2) is 22.9 Å². The highest BCUT2D eigenvalue weighted by Crippen LogP contribution is 2.35. The van der Waals surface area contributed by atoms with E-state index in [9.17, 15) is 0 Å². The maximum atomic E-state index is 6.02. The van der Waals surface area contributed by atoms with E-state index in [0.717, 1.165) is 23.4 Å². The second-order valence-corrected chi connectivity index (χ2v) is 5.57. The van der Waals surface area contributed by atoms with Gasteiger partial charge in [0, 0.05) is 11.6 Å². The molecule has 0 saturated carbocycles. The summed E-state index contributed by atoms with van der Waals surface area (Å²) in [6, 6.07) is 3.73. The summed E-state index contributed by atoms with van der Waals surface area (Å²) >= 11 is 9.49. The molecule has 0 spiro atoms. The molecule has 4 nitrogen and oxygen atoms in total. The molecule has 0 aliphatic rings.